The number of alkyl halides is 3. The number of hydrogen-bond donors (Lipinski definition) is 2. The molecule has 0 aromatic heterocycles. The first kappa shape index (κ1) is 22.0. The van der Waals surface area contributed by atoms with Crippen LogP contribution in [0.3, 0.4) is 0 Å². The normalized spacial score (nSPS) is 11.1. The van der Waals surface area contributed by atoms with Gasteiger partial charge in [-0.15, -0.1) is 6.42 Å². The molecule has 0 aliphatic carbocycles. The Balaban J connectivity index is 2.04. The van der Waals surface area contributed by atoms with Gasteiger partial charge in [-0.2, -0.15) is 17.9 Å². The lowest BCUT2D eigenvalue weighted by atomic mass is 10.1. The Kier molecular flexibility index (Phi) is 7.05. The van der Waals surface area contributed by atoms with Crippen LogP contribution in [0.5, 0.6) is 0 Å². The first-order valence-corrected chi connectivity index (χ1v) is 9.59. The van der Waals surface area contributed by atoms with Gasteiger partial charge < -0.3 is 5.32 Å². The first-order valence-electron chi connectivity index (χ1n) is 8.11. The Morgan fingerprint density at radius 2 is 1.79 bits per heavy atom. The predicted molar refractivity (Wildman–Crippen MR) is 101 cm³/mol. The molecular weight excluding hydrogens is 405 g/mol. The fourth-order valence-electron chi connectivity index (χ4n) is 2.17. The maximum Gasteiger partial charge on any atom is 0.416 e. The van der Waals surface area contributed by atoms with Gasteiger partial charge in [-0.1, -0.05) is 29.9 Å². The molecule has 5 nitrogen and oxygen atoms in total. The second kappa shape index (κ2) is 9.28. The van der Waals surface area contributed by atoms with Crippen LogP contribution < -0.4 is 10.0 Å². The molecule has 0 saturated heterocycles. The minimum atomic E-state index is -4.47. The number of halogens is 3. The van der Waals surface area contributed by atoms with Crippen molar-refractivity contribution in [2.45, 2.75) is 11.1 Å². The zero-order chi connectivity index (χ0) is 21.5. The molecular formula is C20H15F3N2O3S. The SMILES string of the molecule is C#CCNS(=O)(=O)c1cccc(C(=O)NCC#Cc2cccc(C(F)(F)F)c2)c1. The van der Waals surface area contributed by atoms with Gasteiger partial charge in [-0.3, -0.25) is 4.79 Å². The largest absolute Gasteiger partial charge is 0.416 e. The van der Waals surface area contributed by atoms with Crippen molar-refractivity contribution in [3.63, 3.8) is 0 Å². The number of sulfonamides is 1. The molecule has 0 spiro atoms. The minimum absolute atomic E-state index is 0.0782. The Hall–Kier alpha value is -3.27. The molecule has 9 heteroatoms. The summed E-state index contributed by atoms with van der Waals surface area (Å²) < 4.78 is 64.3. The van der Waals surface area contributed by atoms with Gasteiger partial charge in [0.15, 0.2) is 0 Å². The van der Waals surface area contributed by atoms with Crippen LogP contribution in [-0.2, 0) is 16.2 Å². The number of rotatable bonds is 5. The Labute approximate surface area is 166 Å². The van der Waals surface area contributed by atoms with Crippen molar-refractivity contribution in [2.75, 3.05) is 13.1 Å². The average molecular weight is 420 g/mol. The van der Waals surface area contributed by atoms with Gasteiger partial charge >= 0.3 is 6.18 Å². The maximum atomic E-state index is 12.7. The monoisotopic (exact) mass is 420 g/mol. The summed E-state index contributed by atoms with van der Waals surface area (Å²) in [6, 6.07) is 9.80. The summed E-state index contributed by atoms with van der Waals surface area (Å²) in [5, 5.41) is 2.45. The first-order chi connectivity index (χ1) is 13.6. The smallest absolute Gasteiger partial charge is 0.341 e. The second-order valence-electron chi connectivity index (χ2n) is 5.62. The Morgan fingerprint density at radius 1 is 1.07 bits per heavy atom. The van der Waals surface area contributed by atoms with Crippen LogP contribution >= 0.6 is 0 Å². The molecule has 0 bridgehead atoms. The van der Waals surface area contributed by atoms with Gasteiger partial charge in [-0.05, 0) is 36.4 Å². The van der Waals surface area contributed by atoms with Crippen molar-refractivity contribution in [3.05, 3.63) is 65.2 Å². The molecule has 1 amide bonds. The zero-order valence-electron chi connectivity index (χ0n) is 14.9. The Bertz CT molecular complexity index is 1110. The van der Waals surface area contributed by atoms with Crippen molar-refractivity contribution in [1.82, 2.24) is 10.0 Å². The number of terminal acetylenes is 1. The summed E-state index contributed by atoms with van der Waals surface area (Å²) in [4.78, 5) is 12.0. The quantitative estimate of drug-likeness (QED) is 0.730. The zero-order valence-corrected chi connectivity index (χ0v) is 15.7. The molecule has 2 rings (SSSR count). The predicted octanol–water partition coefficient (Wildman–Crippen LogP) is 2.40. The van der Waals surface area contributed by atoms with Crippen molar-refractivity contribution >= 4 is 15.9 Å². The van der Waals surface area contributed by atoms with Crippen molar-refractivity contribution < 1.29 is 26.4 Å². The van der Waals surface area contributed by atoms with Crippen LogP contribution in [-0.4, -0.2) is 27.4 Å². The van der Waals surface area contributed by atoms with E-state index in [0.29, 0.717) is 0 Å². The molecule has 2 aromatic carbocycles. The molecule has 0 aliphatic rings. The van der Waals surface area contributed by atoms with Gasteiger partial charge in [0.25, 0.3) is 5.91 Å². The summed E-state index contributed by atoms with van der Waals surface area (Å²) in [6.07, 6.45) is 0.556. The highest BCUT2D eigenvalue weighted by Crippen LogP contribution is 2.29. The third kappa shape index (κ3) is 6.39. The van der Waals surface area contributed by atoms with E-state index in [9.17, 15) is 26.4 Å². The van der Waals surface area contributed by atoms with Crippen molar-refractivity contribution in [2.24, 2.45) is 0 Å². The van der Waals surface area contributed by atoms with E-state index in [4.69, 9.17) is 6.42 Å². The third-order valence-electron chi connectivity index (χ3n) is 3.53. The summed E-state index contributed by atoms with van der Waals surface area (Å²) in [7, 11) is -3.85. The van der Waals surface area contributed by atoms with Gasteiger partial charge in [0.2, 0.25) is 10.0 Å². The van der Waals surface area contributed by atoms with E-state index in [-0.39, 0.29) is 29.1 Å². The van der Waals surface area contributed by atoms with Crippen LogP contribution in [0.25, 0.3) is 0 Å². The fourth-order valence-corrected chi connectivity index (χ4v) is 3.15. The van der Waals surface area contributed by atoms with Gasteiger partial charge in [0.05, 0.1) is 23.5 Å². The molecule has 0 aliphatic heterocycles. The molecule has 0 heterocycles. The average Bonchev–Trinajstić information content (AvgIpc) is 2.69. The number of carbonyl (C=O) groups excluding carboxylic acids is 1. The van der Waals surface area contributed by atoms with E-state index in [1.54, 1.807) is 0 Å². The number of hydrogen-bond acceptors (Lipinski definition) is 3. The molecule has 0 unspecified atom stereocenters. The highest BCUT2D eigenvalue weighted by Gasteiger charge is 2.30. The van der Waals surface area contributed by atoms with Gasteiger partial charge in [0.1, 0.15) is 0 Å². The van der Waals surface area contributed by atoms with Gasteiger partial charge in [0, 0.05) is 11.1 Å². The van der Waals surface area contributed by atoms with Crippen LogP contribution in [0.15, 0.2) is 53.4 Å². The molecule has 2 N–H and O–H groups in total. The van der Waals surface area contributed by atoms with Crippen molar-refractivity contribution in [3.8, 4) is 24.2 Å². The minimum Gasteiger partial charge on any atom is -0.341 e. The van der Waals surface area contributed by atoms with Crippen LogP contribution in [0, 0.1) is 24.2 Å². The maximum absolute atomic E-state index is 12.7. The highest BCUT2D eigenvalue weighted by molar-refractivity contribution is 7.89. The summed E-state index contributed by atoms with van der Waals surface area (Å²) in [5.74, 6) is 6.64. The van der Waals surface area contributed by atoms with Crippen molar-refractivity contribution in [1.29, 1.82) is 0 Å². The number of nitrogens with one attached hydrogen (secondary N) is 2. The molecule has 0 atom stereocenters. The Morgan fingerprint density at radius 3 is 2.48 bits per heavy atom. The molecule has 0 saturated carbocycles. The summed E-state index contributed by atoms with van der Waals surface area (Å²) in [5.41, 5.74) is -0.582. The second-order valence-corrected chi connectivity index (χ2v) is 7.39. The molecule has 0 fully saturated rings. The lowest BCUT2D eigenvalue weighted by Crippen LogP contribution is -2.26. The van der Waals surface area contributed by atoms with E-state index in [1.165, 1.54) is 36.4 Å². The third-order valence-corrected chi connectivity index (χ3v) is 4.93. The van der Waals surface area contributed by atoms with E-state index < -0.39 is 27.7 Å². The van der Waals surface area contributed by atoms with Crippen LogP contribution in [0.2, 0.25) is 0 Å². The van der Waals surface area contributed by atoms with E-state index in [1.807, 2.05) is 0 Å². The summed E-state index contributed by atoms with van der Waals surface area (Å²) >= 11 is 0. The topological polar surface area (TPSA) is 75.3 Å². The van der Waals surface area contributed by atoms with Crippen LogP contribution in [0.1, 0.15) is 21.5 Å². The number of benzene rings is 2. The lowest BCUT2D eigenvalue weighted by molar-refractivity contribution is -0.137. The van der Waals surface area contributed by atoms with Gasteiger partial charge in [-0.25, -0.2) is 8.42 Å². The fraction of sp³-hybridized carbons (Fsp3) is 0.150. The van der Waals surface area contributed by atoms with E-state index >= 15 is 0 Å². The molecule has 0 radical (unpaired) electrons. The molecule has 29 heavy (non-hydrogen) atoms. The van der Waals surface area contributed by atoms with E-state index in [2.05, 4.69) is 27.8 Å². The highest BCUT2D eigenvalue weighted by atomic mass is 32.2. The summed E-state index contributed by atoms with van der Waals surface area (Å²) in [6.45, 7) is -0.328. The van der Waals surface area contributed by atoms with Crippen LogP contribution in [0.4, 0.5) is 13.2 Å². The molecule has 150 valence electrons. The standard InChI is InChI=1S/C20H15F3N2O3S/c1-2-11-25-29(27,28)18-10-4-8-16(14-18)19(26)24-12-5-7-15-6-3-9-17(13-15)20(21,22)23/h1,3-4,6,8-10,13-14,25H,11-12H2,(H,24,26). The number of amides is 1. The van der Waals surface area contributed by atoms with E-state index in [0.717, 1.165) is 12.1 Å². The molecule has 2 aromatic rings. The lowest BCUT2D eigenvalue weighted by Gasteiger charge is -2.07. The number of carbonyl (C=O) groups is 1.